The Bertz CT molecular complexity index is 7320. The lowest BCUT2D eigenvalue weighted by Crippen LogP contribution is -2.29. The molecule has 0 atom stereocenters. The zero-order valence-electron chi connectivity index (χ0n) is 72.9. The first-order valence-electron chi connectivity index (χ1n) is 44.0. The summed E-state index contributed by atoms with van der Waals surface area (Å²) in [5.74, 6) is 0. The first-order chi connectivity index (χ1) is 65.6. The fourth-order valence-corrected chi connectivity index (χ4v) is 16.6. The van der Waals surface area contributed by atoms with Gasteiger partial charge in [0.1, 0.15) is 0 Å². The molecule has 0 saturated heterocycles. The number of hydrogen-bond donors (Lipinski definition) is 10. The first kappa shape index (κ1) is 90.1. The number of benzene rings is 21. The predicted molar refractivity (Wildman–Crippen MR) is 560 cm³/mol. The zero-order chi connectivity index (χ0) is 92.2. The van der Waals surface area contributed by atoms with Crippen LogP contribution in [0.4, 0.5) is 85.3 Å². The van der Waals surface area contributed by atoms with Crippen molar-refractivity contribution in [1.29, 1.82) is 0 Å². The molecule has 10 N–H and O–H groups in total. The first-order valence-corrected chi connectivity index (χ1v) is 44.0. The number of rotatable bonds is 20. The number of anilines is 15. The summed E-state index contributed by atoms with van der Waals surface area (Å²) in [5, 5.41) is 108. The van der Waals surface area contributed by atoms with Gasteiger partial charge in [-0.15, -0.1) is 0 Å². The third-order valence-electron chi connectivity index (χ3n) is 23.3. The van der Waals surface area contributed by atoms with Gasteiger partial charge in [-0.05, 0) is 251 Å². The van der Waals surface area contributed by atoms with Crippen molar-refractivity contribution in [3.05, 3.63) is 497 Å². The van der Waals surface area contributed by atoms with E-state index in [1.165, 1.54) is 53.9 Å². The number of nitrogens with zero attached hydrogens (tertiary/aromatic N) is 5. The van der Waals surface area contributed by atoms with Gasteiger partial charge in [0.15, 0.2) is 0 Å². The Kier molecular flexibility index (Phi) is 28.7. The third kappa shape index (κ3) is 21.4. The van der Waals surface area contributed by atoms with Gasteiger partial charge in [-0.2, -0.15) is 0 Å². The molecule has 0 aromatic heterocycles. The fraction of sp³-hybridized carbons (Fsp3) is 0. The van der Waals surface area contributed by atoms with Crippen molar-refractivity contribution in [2.24, 2.45) is 0 Å². The summed E-state index contributed by atoms with van der Waals surface area (Å²) >= 11 is 0. The Morgan fingerprint density at radius 1 is 0.119 bits per heavy atom. The maximum atomic E-state index is 9.49. The van der Waals surface area contributed by atoms with Crippen molar-refractivity contribution >= 4 is 213 Å². The summed E-state index contributed by atoms with van der Waals surface area (Å²) in [4.78, 5) is 10.8. The van der Waals surface area contributed by atoms with Crippen LogP contribution in [0.3, 0.4) is 0 Å². The van der Waals surface area contributed by atoms with Crippen LogP contribution in [0, 0.1) is 0 Å². The van der Waals surface area contributed by atoms with E-state index in [1.807, 2.05) is 224 Å². The van der Waals surface area contributed by atoms with E-state index in [1.54, 1.807) is 60.7 Å². The smallest absolute Gasteiger partial charge is 0.423 e. The molecule has 0 aliphatic carbocycles. The molecule has 0 radical (unpaired) electrons. The topological polar surface area (TPSA) is 218 Å². The highest BCUT2D eigenvalue weighted by Crippen LogP contribution is 2.44. The van der Waals surface area contributed by atoms with Crippen molar-refractivity contribution in [2.45, 2.75) is 0 Å². The minimum atomic E-state index is -1.48. The van der Waals surface area contributed by atoms with Gasteiger partial charge in [0.05, 0.1) is 11.4 Å². The van der Waals surface area contributed by atoms with Crippen LogP contribution in [0.15, 0.2) is 497 Å². The summed E-state index contributed by atoms with van der Waals surface area (Å²) in [6, 6.07) is 165. The largest absolute Gasteiger partial charge is 0.488 e. The second-order valence-electron chi connectivity index (χ2n) is 32.0. The van der Waals surface area contributed by atoms with Crippen molar-refractivity contribution in [3.63, 3.8) is 0 Å². The molecule has 0 amide bonds. The molecule has 20 heteroatoms. The van der Waals surface area contributed by atoms with Crippen LogP contribution in [0.2, 0.25) is 0 Å². The highest BCUT2D eigenvalue weighted by molar-refractivity contribution is 6.60. The second-order valence-corrected chi connectivity index (χ2v) is 32.0. The van der Waals surface area contributed by atoms with Gasteiger partial charge in [0.25, 0.3) is 0 Å². The average Bonchev–Trinajstić information content (AvgIpc) is 0.771. The van der Waals surface area contributed by atoms with E-state index in [4.69, 9.17) is 0 Å². The van der Waals surface area contributed by atoms with Crippen LogP contribution >= 0.6 is 0 Å². The lowest BCUT2D eigenvalue weighted by Gasteiger charge is -2.27. The van der Waals surface area contributed by atoms with Crippen molar-refractivity contribution in [1.82, 2.24) is 0 Å². The van der Waals surface area contributed by atoms with E-state index in [-0.39, 0.29) is 0 Å². The van der Waals surface area contributed by atoms with Gasteiger partial charge in [-0.25, -0.2) is 0 Å². The van der Waals surface area contributed by atoms with E-state index in [0.29, 0.717) is 27.3 Å². The Balaban J connectivity index is 0.000000117. The molecule has 0 heterocycles. The molecule has 21 aromatic carbocycles. The van der Waals surface area contributed by atoms with Gasteiger partial charge in [-0.3, -0.25) is 0 Å². The van der Waals surface area contributed by atoms with Crippen molar-refractivity contribution < 1.29 is 50.2 Å². The Hall–Kier alpha value is -15.9. The molecule has 134 heavy (non-hydrogen) atoms. The molecule has 15 nitrogen and oxygen atoms in total. The quantitative estimate of drug-likeness (QED) is 0.0321. The minimum absolute atomic E-state index is 0.468. The van der Waals surface area contributed by atoms with Crippen LogP contribution in [-0.4, -0.2) is 85.8 Å². The van der Waals surface area contributed by atoms with E-state index in [2.05, 4.69) is 237 Å². The summed E-state index contributed by atoms with van der Waals surface area (Å²) in [7, 11) is -7.34. The Labute approximate surface area is 780 Å². The SMILES string of the molecule is OB(O)c1ccc(N(c2ccc3ccccc3c2)c2ccc3ccccc3c2)cc1.OB(O)c1ccc(N(c2ccc3ccccc3c2)c2cccc3ccccc23)cc1.OB(O)c1ccc(N(c2ccccc2)c2ccc3ccccc3c2)cc1.OB(O)c1ccc(N(c2ccccc2)c2cccc3ccccc23)cc1.OB(O)c1ccc(N(c2ccccc2)c2ccccc2)cc1. The second kappa shape index (κ2) is 42.8. The molecule has 0 fully saturated rings. The minimum Gasteiger partial charge on any atom is -0.423 e. The summed E-state index contributed by atoms with van der Waals surface area (Å²) in [6.45, 7) is 0. The maximum Gasteiger partial charge on any atom is 0.488 e. The molecule has 648 valence electrons. The van der Waals surface area contributed by atoms with Crippen LogP contribution in [0.5, 0.6) is 0 Å². The number of fused-ring (bicyclic) bond motifs is 6. The van der Waals surface area contributed by atoms with Crippen LogP contribution in [-0.2, 0) is 0 Å². The van der Waals surface area contributed by atoms with Gasteiger partial charge < -0.3 is 74.7 Å². The molecule has 0 saturated carbocycles. The predicted octanol–water partition coefficient (Wildman–Crippen LogP) is 21.1. The monoisotopic (exact) mass is 1750 g/mol. The molecule has 0 aliphatic rings. The van der Waals surface area contributed by atoms with E-state index < -0.39 is 35.6 Å². The number of hydrogen-bond acceptors (Lipinski definition) is 15. The summed E-state index contributed by atoms with van der Waals surface area (Å²) in [5.41, 5.74) is 17.6. The van der Waals surface area contributed by atoms with Crippen molar-refractivity contribution in [2.75, 3.05) is 24.5 Å². The van der Waals surface area contributed by atoms with Crippen LogP contribution in [0.25, 0.3) is 64.6 Å². The van der Waals surface area contributed by atoms with E-state index >= 15 is 0 Å². The molecule has 21 aromatic rings. The zero-order valence-corrected chi connectivity index (χ0v) is 72.9. The highest BCUT2D eigenvalue weighted by atomic mass is 16.4. The number of para-hydroxylation sites is 4. The molecular formula is C114H92B5N5O10. The molecule has 0 bridgehead atoms. The summed E-state index contributed by atoms with van der Waals surface area (Å²) in [6.07, 6.45) is 0. The molecule has 21 rings (SSSR count). The summed E-state index contributed by atoms with van der Waals surface area (Å²) < 4.78 is 0. The van der Waals surface area contributed by atoms with Gasteiger partial charge in [0.2, 0.25) is 0 Å². The maximum absolute atomic E-state index is 9.49. The van der Waals surface area contributed by atoms with Gasteiger partial charge >= 0.3 is 35.6 Å². The molecular weight excluding hydrogens is 1650 g/mol. The highest BCUT2D eigenvalue weighted by Gasteiger charge is 2.24. The normalized spacial score (nSPS) is 10.8. The molecule has 0 unspecified atom stereocenters. The molecule has 0 spiro atoms. The fourth-order valence-electron chi connectivity index (χ4n) is 16.6. The van der Waals surface area contributed by atoms with E-state index in [9.17, 15) is 50.2 Å². The third-order valence-corrected chi connectivity index (χ3v) is 23.3. The Morgan fingerprint density at radius 2 is 0.284 bits per heavy atom. The lowest BCUT2D eigenvalue weighted by atomic mass is 9.80. The Morgan fingerprint density at radius 3 is 0.537 bits per heavy atom. The van der Waals surface area contributed by atoms with E-state index in [0.717, 1.165) is 96.1 Å². The molecule has 0 aliphatic heterocycles. The standard InChI is InChI=1S/2C26H20BNO2.2C22H18BNO2.C18H16BNO2/c29-27(30)23-11-15-24(16-12-23)28(25-13-9-19-5-1-3-7-21(19)17-25)26-14-10-20-6-2-4-8-22(20)18-26;29-27(30)22-13-16-23(17-14-22)28(24-15-12-19-6-1-2-8-21(19)18-24)26-11-5-9-20-7-3-4-10-25(20)26;25-23(26)18-13-15-20(16-14-18)24(19-9-2-1-3-10-19)22-12-6-8-17-7-4-5-11-21(17)22;25-23(26)19-11-14-21(15-12-19)24(20-8-2-1-3-9-20)22-13-10-17-6-4-5-7-18(17)16-22;21-19(22)15-11-13-18(14-12-15)20(16-7-3-1-4-8-16)17-9-5-2-6-10-17/h2*1-18,29-30H;2*1-16,25-26H;1-14,21-22H. The van der Waals surface area contributed by atoms with Crippen LogP contribution in [0.1, 0.15) is 0 Å². The van der Waals surface area contributed by atoms with Gasteiger partial charge in [-0.1, -0.05) is 328 Å². The van der Waals surface area contributed by atoms with Crippen molar-refractivity contribution in [3.8, 4) is 0 Å². The average molecular weight is 1750 g/mol. The van der Waals surface area contributed by atoms with Crippen LogP contribution < -0.4 is 51.8 Å². The lowest BCUT2D eigenvalue weighted by molar-refractivity contribution is 0.424. The van der Waals surface area contributed by atoms with Gasteiger partial charge in [0, 0.05) is 84.7 Å².